The first kappa shape index (κ1) is 15.5. The lowest BCUT2D eigenvalue weighted by Gasteiger charge is -2.32. The third-order valence-corrected chi connectivity index (χ3v) is 4.89. The molecule has 0 unspecified atom stereocenters. The van der Waals surface area contributed by atoms with Crippen molar-refractivity contribution in [1.29, 1.82) is 0 Å². The molecule has 0 bridgehead atoms. The van der Waals surface area contributed by atoms with Crippen LogP contribution in [0.25, 0.3) is 0 Å². The standard InChI is InChI=1S/C16H21BFNO3/c1-15(2)16(3,4)22-17(21-15)12-6-5-11-10-19(8-7-18)14(20)13(11)9-12/h5-6,9H,7-8,10H2,1-4H3. The van der Waals surface area contributed by atoms with E-state index in [2.05, 4.69) is 0 Å². The molecule has 0 aromatic heterocycles. The Morgan fingerprint density at radius 2 is 1.86 bits per heavy atom. The maximum atomic E-state index is 12.5. The highest BCUT2D eigenvalue weighted by Gasteiger charge is 2.51. The van der Waals surface area contributed by atoms with Crippen LogP contribution < -0.4 is 5.46 Å². The monoisotopic (exact) mass is 305 g/mol. The highest BCUT2D eigenvalue weighted by atomic mass is 19.1. The number of carbonyl (C=O) groups is 1. The Labute approximate surface area is 130 Å². The smallest absolute Gasteiger partial charge is 0.399 e. The van der Waals surface area contributed by atoms with Gasteiger partial charge in [-0.1, -0.05) is 12.1 Å². The fraction of sp³-hybridized carbons (Fsp3) is 0.562. The van der Waals surface area contributed by atoms with Gasteiger partial charge in [-0.2, -0.15) is 0 Å². The number of alkyl halides is 1. The highest BCUT2D eigenvalue weighted by Crippen LogP contribution is 2.36. The minimum absolute atomic E-state index is 0.119. The molecule has 0 spiro atoms. The molecule has 1 aromatic carbocycles. The molecule has 22 heavy (non-hydrogen) atoms. The van der Waals surface area contributed by atoms with Crippen molar-refractivity contribution in [3.8, 4) is 0 Å². The first-order valence-electron chi connectivity index (χ1n) is 7.59. The van der Waals surface area contributed by atoms with E-state index in [1.165, 1.54) is 4.90 Å². The van der Waals surface area contributed by atoms with Gasteiger partial charge in [-0.25, -0.2) is 4.39 Å². The number of carbonyl (C=O) groups excluding carboxylic acids is 1. The summed E-state index contributed by atoms with van der Waals surface area (Å²) in [6, 6.07) is 5.65. The molecule has 1 saturated heterocycles. The minimum Gasteiger partial charge on any atom is -0.399 e. The molecule has 0 saturated carbocycles. The number of hydrogen-bond donors (Lipinski definition) is 0. The minimum atomic E-state index is -0.524. The molecule has 0 radical (unpaired) electrons. The van der Waals surface area contributed by atoms with Crippen molar-refractivity contribution in [2.75, 3.05) is 13.2 Å². The van der Waals surface area contributed by atoms with Crippen LogP contribution in [0.1, 0.15) is 43.6 Å². The van der Waals surface area contributed by atoms with E-state index in [0.717, 1.165) is 11.0 Å². The van der Waals surface area contributed by atoms with Gasteiger partial charge in [-0.3, -0.25) is 4.79 Å². The number of benzene rings is 1. The molecule has 118 valence electrons. The predicted octanol–water partition coefficient (Wildman–Crippen LogP) is 1.91. The summed E-state index contributed by atoms with van der Waals surface area (Å²) >= 11 is 0. The van der Waals surface area contributed by atoms with E-state index in [1.807, 2.05) is 45.9 Å². The first-order chi connectivity index (χ1) is 10.2. The Balaban J connectivity index is 1.87. The number of halogens is 1. The van der Waals surface area contributed by atoms with E-state index in [0.29, 0.717) is 12.1 Å². The van der Waals surface area contributed by atoms with Crippen LogP contribution in [0, 0.1) is 0 Å². The second kappa shape index (κ2) is 5.06. The van der Waals surface area contributed by atoms with Gasteiger partial charge in [0.05, 0.1) is 11.2 Å². The molecular formula is C16H21BFNO3. The normalized spacial score (nSPS) is 22.3. The van der Waals surface area contributed by atoms with E-state index < -0.39 is 25.0 Å². The van der Waals surface area contributed by atoms with E-state index in [4.69, 9.17) is 9.31 Å². The van der Waals surface area contributed by atoms with Crippen LogP contribution in [0.5, 0.6) is 0 Å². The first-order valence-corrected chi connectivity index (χ1v) is 7.59. The molecule has 1 amide bonds. The fourth-order valence-corrected chi connectivity index (χ4v) is 2.79. The largest absolute Gasteiger partial charge is 0.494 e. The van der Waals surface area contributed by atoms with Crippen LogP contribution in [0.3, 0.4) is 0 Å². The summed E-state index contributed by atoms with van der Waals surface area (Å²) in [6.45, 7) is 8.07. The maximum Gasteiger partial charge on any atom is 0.494 e. The lowest BCUT2D eigenvalue weighted by Crippen LogP contribution is -2.41. The van der Waals surface area contributed by atoms with Crippen LogP contribution in [-0.4, -0.2) is 42.3 Å². The summed E-state index contributed by atoms with van der Waals surface area (Å²) in [6.07, 6.45) is 0. The van der Waals surface area contributed by atoms with Crippen molar-refractivity contribution < 1.29 is 18.5 Å². The molecule has 6 heteroatoms. The summed E-state index contributed by atoms with van der Waals surface area (Å²) in [5, 5.41) is 0. The van der Waals surface area contributed by atoms with Gasteiger partial charge in [0.2, 0.25) is 0 Å². The van der Waals surface area contributed by atoms with Crippen LogP contribution in [0.4, 0.5) is 4.39 Å². The summed E-state index contributed by atoms with van der Waals surface area (Å²) < 4.78 is 24.5. The Kier molecular flexibility index (Phi) is 3.57. The lowest BCUT2D eigenvalue weighted by molar-refractivity contribution is 0.00578. The SMILES string of the molecule is CC1(C)OB(c2ccc3c(c2)C(=O)N(CCF)C3)OC1(C)C. The van der Waals surface area contributed by atoms with E-state index in [-0.39, 0.29) is 12.5 Å². The third-order valence-electron chi connectivity index (χ3n) is 4.89. The fourth-order valence-electron chi connectivity index (χ4n) is 2.79. The summed E-state index contributed by atoms with van der Waals surface area (Å²) in [4.78, 5) is 13.8. The number of amides is 1. The van der Waals surface area contributed by atoms with Crippen molar-refractivity contribution in [2.24, 2.45) is 0 Å². The zero-order valence-electron chi connectivity index (χ0n) is 13.5. The quantitative estimate of drug-likeness (QED) is 0.801. The number of hydrogen-bond acceptors (Lipinski definition) is 3. The van der Waals surface area contributed by atoms with Gasteiger partial charge < -0.3 is 14.2 Å². The Morgan fingerprint density at radius 3 is 2.45 bits per heavy atom. The maximum absolute atomic E-state index is 12.5. The Hall–Kier alpha value is -1.40. The van der Waals surface area contributed by atoms with Crippen molar-refractivity contribution in [3.63, 3.8) is 0 Å². The molecule has 0 aliphatic carbocycles. The Bertz CT molecular complexity index is 601. The van der Waals surface area contributed by atoms with E-state index >= 15 is 0 Å². The van der Waals surface area contributed by atoms with Gasteiger partial charge in [0.15, 0.2) is 0 Å². The zero-order chi connectivity index (χ0) is 16.1. The molecule has 3 rings (SSSR count). The molecule has 0 atom stereocenters. The number of fused-ring (bicyclic) bond motifs is 1. The van der Waals surface area contributed by atoms with Crippen molar-refractivity contribution in [1.82, 2.24) is 4.90 Å². The van der Waals surface area contributed by atoms with Gasteiger partial charge in [0.1, 0.15) is 6.67 Å². The highest BCUT2D eigenvalue weighted by molar-refractivity contribution is 6.62. The second-order valence-electron chi connectivity index (χ2n) is 6.92. The van der Waals surface area contributed by atoms with Gasteiger partial charge in [0.25, 0.3) is 5.91 Å². The zero-order valence-corrected chi connectivity index (χ0v) is 13.5. The average molecular weight is 305 g/mol. The van der Waals surface area contributed by atoms with E-state index in [9.17, 15) is 9.18 Å². The molecule has 4 nitrogen and oxygen atoms in total. The van der Waals surface area contributed by atoms with Crippen LogP contribution in [0.2, 0.25) is 0 Å². The molecule has 2 aliphatic rings. The number of nitrogens with zero attached hydrogens (tertiary/aromatic N) is 1. The van der Waals surface area contributed by atoms with Crippen LogP contribution >= 0.6 is 0 Å². The second-order valence-corrected chi connectivity index (χ2v) is 6.92. The van der Waals surface area contributed by atoms with Crippen molar-refractivity contribution in [3.05, 3.63) is 29.3 Å². The average Bonchev–Trinajstić information content (AvgIpc) is 2.85. The van der Waals surface area contributed by atoms with Gasteiger partial charge in [0, 0.05) is 18.7 Å². The van der Waals surface area contributed by atoms with Crippen molar-refractivity contribution >= 4 is 18.5 Å². The molecular weight excluding hydrogens is 284 g/mol. The summed E-state index contributed by atoms with van der Waals surface area (Å²) in [7, 11) is -0.488. The summed E-state index contributed by atoms with van der Waals surface area (Å²) in [5.74, 6) is -0.119. The van der Waals surface area contributed by atoms with Crippen molar-refractivity contribution in [2.45, 2.75) is 45.4 Å². The van der Waals surface area contributed by atoms with Gasteiger partial charge >= 0.3 is 7.12 Å². The molecule has 0 N–H and O–H groups in total. The molecule has 2 heterocycles. The van der Waals surface area contributed by atoms with Gasteiger partial charge in [-0.05, 0) is 44.8 Å². The molecule has 1 fully saturated rings. The summed E-state index contributed by atoms with van der Waals surface area (Å²) in [5.41, 5.74) is 1.55. The van der Waals surface area contributed by atoms with Crippen LogP contribution in [0.15, 0.2) is 18.2 Å². The topological polar surface area (TPSA) is 38.8 Å². The van der Waals surface area contributed by atoms with Gasteiger partial charge in [-0.15, -0.1) is 0 Å². The predicted molar refractivity (Wildman–Crippen MR) is 82.9 cm³/mol. The van der Waals surface area contributed by atoms with Crippen LogP contribution in [-0.2, 0) is 15.9 Å². The Morgan fingerprint density at radius 1 is 1.23 bits per heavy atom. The third kappa shape index (κ3) is 2.34. The molecule has 1 aromatic rings. The molecule has 2 aliphatic heterocycles. The number of rotatable bonds is 3. The van der Waals surface area contributed by atoms with E-state index in [1.54, 1.807) is 0 Å². The lowest BCUT2D eigenvalue weighted by atomic mass is 9.78.